The summed E-state index contributed by atoms with van der Waals surface area (Å²) in [6, 6.07) is 12.7. The van der Waals surface area contributed by atoms with E-state index in [-0.39, 0.29) is 11.7 Å². The van der Waals surface area contributed by atoms with Crippen LogP contribution in [-0.4, -0.2) is 30.6 Å². The molecule has 0 unspecified atom stereocenters. The molecule has 0 aromatic heterocycles. The molecule has 9 heteroatoms. The number of hydrazine groups is 1. The minimum atomic E-state index is -0.454. The minimum Gasteiger partial charge on any atom is -0.496 e. The molecule has 0 radical (unpaired) electrons. The average molecular weight is 478 g/mol. The zero-order chi connectivity index (χ0) is 21.2. The number of rotatable bonds is 6. The van der Waals surface area contributed by atoms with Crippen molar-refractivity contribution in [2.45, 2.75) is 6.92 Å². The van der Waals surface area contributed by atoms with Crippen LogP contribution in [0.15, 0.2) is 53.0 Å². The largest absolute Gasteiger partial charge is 0.496 e. The van der Waals surface area contributed by atoms with Gasteiger partial charge in [0.15, 0.2) is 11.7 Å². The minimum absolute atomic E-state index is 0.0483. The van der Waals surface area contributed by atoms with E-state index >= 15 is 0 Å². The van der Waals surface area contributed by atoms with E-state index in [9.17, 15) is 9.59 Å². The van der Waals surface area contributed by atoms with Gasteiger partial charge in [-0.2, -0.15) is 0 Å². The number of benzene rings is 2. The predicted molar refractivity (Wildman–Crippen MR) is 118 cm³/mol. The van der Waals surface area contributed by atoms with Crippen molar-refractivity contribution in [3.8, 4) is 11.5 Å². The summed E-state index contributed by atoms with van der Waals surface area (Å²) in [7, 11) is 1.55. The van der Waals surface area contributed by atoms with Crippen LogP contribution in [0.5, 0.6) is 11.5 Å². The molecule has 152 valence electrons. The van der Waals surface area contributed by atoms with Gasteiger partial charge in [-0.05, 0) is 55.0 Å². The fourth-order valence-electron chi connectivity index (χ4n) is 2.24. The molecule has 2 rings (SSSR count). The number of halogens is 1. The number of nitrogens with one attached hydrogen (secondary N) is 3. The predicted octanol–water partition coefficient (Wildman–Crippen LogP) is 2.88. The van der Waals surface area contributed by atoms with Gasteiger partial charge in [-0.15, -0.1) is 0 Å². The smallest absolute Gasteiger partial charge is 0.276 e. The Kier molecular flexibility index (Phi) is 8.63. The summed E-state index contributed by atoms with van der Waals surface area (Å²) in [5.41, 5.74) is 6.45. The Bertz CT molecular complexity index is 934. The second-order valence-corrected chi connectivity index (χ2v) is 7.09. The van der Waals surface area contributed by atoms with E-state index in [1.54, 1.807) is 25.3 Å². The highest BCUT2D eigenvalue weighted by Crippen LogP contribution is 2.22. The summed E-state index contributed by atoms with van der Waals surface area (Å²) >= 11 is 8.34. The number of carbonyl (C=O) groups excluding carboxylic acids is 2. The first-order valence-corrected chi connectivity index (χ1v) is 9.69. The molecular formula is C20H20BrN3O4S. The summed E-state index contributed by atoms with van der Waals surface area (Å²) in [6.45, 7) is 1.67. The van der Waals surface area contributed by atoms with Crippen molar-refractivity contribution in [1.82, 2.24) is 16.2 Å². The van der Waals surface area contributed by atoms with Crippen LogP contribution in [0.1, 0.15) is 11.1 Å². The van der Waals surface area contributed by atoms with Gasteiger partial charge in [0.05, 0.1) is 7.11 Å². The lowest BCUT2D eigenvalue weighted by molar-refractivity contribution is -0.123. The Morgan fingerprint density at radius 1 is 1.14 bits per heavy atom. The van der Waals surface area contributed by atoms with Gasteiger partial charge in [-0.25, -0.2) is 0 Å². The monoisotopic (exact) mass is 477 g/mol. The standard InChI is InChI=1S/C20H20BrN3O4S/c1-13-11-15(21)8-9-16(13)28-12-19(26)23-24-20(29)22-18(25)10-7-14-5-3-4-6-17(14)27-2/h3-11H,12H2,1-2H3,(H,23,26)(H2,22,24,25,29). The molecule has 29 heavy (non-hydrogen) atoms. The topological polar surface area (TPSA) is 88.7 Å². The first-order chi connectivity index (χ1) is 13.9. The van der Waals surface area contributed by atoms with Gasteiger partial charge in [-0.1, -0.05) is 34.1 Å². The fourth-order valence-corrected chi connectivity index (χ4v) is 2.86. The van der Waals surface area contributed by atoms with E-state index in [0.717, 1.165) is 15.6 Å². The van der Waals surface area contributed by atoms with Crippen LogP contribution in [0.4, 0.5) is 0 Å². The molecule has 0 spiro atoms. The van der Waals surface area contributed by atoms with E-state index in [1.807, 2.05) is 37.3 Å². The lowest BCUT2D eigenvalue weighted by Crippen LogP contribution is -2.49. The van der Waals surface area contributed by atoms with E-state index in [0.29, 0.717) is 11.5 Å². The van der Waals surface area contributed by atoms with Gasteiger partial charge in [0.1, 0.15) is 11.5 Å². The molecule has 0 bridgehead atoms. The summed E-state index contributed by atoms with van der Waals surface area (Å²) in [5, 5.41) is 2.38. The molecule has 7 nitrogen and oxygen atoms in total. The Morgan fingerprint density at radius 2 is 1.90 bits per heavy atom. The third kappa shape index (κ3) is 7.55. The van der Waals surface area contributed by atoms with Crippen LogP contribution in [0.3, 0.4) is 0 Å². The number of hydrogen-bond acceptors (Lipinski definition) is 5. The van der Waals surface area contributed by atoms with Crippen molar-refractivity contribution in [3.63, 3.8) is 0 Å². The number of para-hydroxylation sites is 1. The number of thiocarbonyl (C=S) groups is 1. The molecule has 0 aliphatic carbocycles. The number of methoxy groups -OCH3 is 1. The van der Waals surface area contributed by atoms with Crippen LogP contribution < -0.4 is 25.6 Å². The molecule has 0 fully saturated rings. The van der Waals surface area contributed by atoms with Gasteiger partial charge < -0.3 is 9.47 Å². The molecule has 0 atom stereocenters. The average Bonchev–Trinajstić information content (AvgIpc) is 2.70. The highest BCUT2D eigenvalue weighted by atomic mass is 79.9. The van der Waals surface area contributed by atoms with Gasteiger partial charge in [0.2, 0.25) is 5.91 Å². The molecule has 3 N–H and O–H groups in total. The zero-order valence-electron chi connectivity index (χ0n) is 15.8. The van der Waals surface area contributed by atoms with Crippen molar-refractivity contribution in [1.29, 1.82) is 0 Å². The van der Waals surface area contributed by atoms with Crippen LogP contribution in [0.25, 0.3) is 6.08 Å². The molecule has 2 aromatic rings. The van der Waals surface area contributed by atoms with Crippen molar-refractivity contribution in [3.05, 3.63) is 64.1 Å². The van der Waals surface area contributed by atoms with Gasteiger partial charge in [-0.3, -0.25) is 25.8 Å². The number of amides is 2. The molecule has 2 amide bonds. The SMILES string of the molecule is COc1ccccc1C=CC(=O)NC(=S)NNC(=O)COc1ccc(Br)cc1C. The molecule has 0 aliphatic rings. The van der Waals surface area contributed by atoms with Crippen molar-refractivity contribution in [2.24, 2.45) is 0 Å². The Labute approximate surface area is 182 Å². The van der Waals surface area contributed by atoms with Crippen LogP contribution in [0.2, 0.25) is 0 Å². The normalized spacial score (nSPS) is 10.3. The van der Waals surface area contributed by atoms with Gasteiger partial charge in [0, 0.05) is 16.1 Å². The maximum Gasteiger partial charge on any atom is 0.276 e. The second kappa shape index (κ2) is 11.2. The summed E-state index contributed by atoms with van der Waals surface area (Å²) < 4.78 is 11.6. The lowest BCUT2D eigenvalue weighted by Gasteiger charge is -2.12. The Morgan fingerprint density at radius 3 is 2.62 bits per heavy atom. The number of carbonyl (C=O) groups is 2. The third-order valence-electron chi connectivity index (χ3n) is 3.60. The van der Waals surface area contributed by atoms with E-state index in [4.69, 9.17) is 21.7 Å². The van der Waals surface area contributed by atoms with Gasteiger partial charge >= 0.3 is 0 Å². The first kappa shape index (κ1) is 22.4. The second-order valence-electron chi connectivity index (χ2n) is 5.77. The number of hydrogen-bond donors (Lipinski definition) is 3. The van der Waals surface area contributed by atoms with Crippen molar-refractivity contribution in [2.75, 3.05) is 13.7 Å². The van der Waals surface area contributed by atoms with E-state index in [1.165, 1.54) is 6.08 Å². The quantitative estimate of drug-likeness (QED) is 0.336. The number of aryl methyl sites for hydroxylation is 1. The fraction of sp³-hybridized carbons (Fsp3) is 0.150. The molecule has 2 aromatic carbocycles. The van der Waals surface area contributed by atoms with E-state index in [2.05, 4.69) is 32.1 Å². The maximum atomic E-state index is 11.9. The summed E-state index contributed by atoms with van der Waals surface area (Å²) in [6.07, 6.45) is 2.91. The van der Waals surface area contributed by atoms with Gasteiger partial charge in [0.25, 0.3) is 5.91 Å². The summed E-state index contributed by atoms with van der Waals surface area (Å²) in [4.78, 5) is 23.8. The third-order valence-corrected chi connectivity index (χ3v) is 4.30. The highest BCUT2D eigenvalue weighted by Gasteiger charge is 2.07. The first-order valence-electron chi connectivity index (χ1n) is 8.49. The van der Waals surface area contributed by atoms with Crippen LogP contribution >= 0.6 is 28.1 Å². The zero-order valence-corrected chi connectivity index (χ0v) is 18.2. The number of ether oxygens (including phenoxy) is 2. The van der Waals surface area contributed by atoms with Crippen molar-refractivity contribution < 1.29 is 19.1 Å². The molecule has 0 heterocycles. The molecule has 0 saturated carbocycles. The molecule has 0 aliphatic heterocycles. The Balaban J connectivity index is 1.75. The van der Waals surface area contributed by atoms with Crippen LogP contribution in [0, 0.1) is 6.92 Å². The highest BCUT2D eigenvalue weighted by molar-refractivity contribution is 9.10. The molecule has 0 saturated heterocycles. The summed E-state index contributed by atoms with van der Waals surface area (Å²) in [5.74, 6) is 0.337. The lowest BCUT2D eigenvalue weighted by atomic mass is 10.2. The maximum absolute atomic E-state index is 11.9. The van der Waals surface area contributed by atoms with Crippen molar-refractivity contribution >= 4 is 51.2 Å². The van der Waals surface area contributed by atoms with E-state index < -0.39 is 11.8 Å². The van der Waals surface area contributed by atoms with Crippen LogP contribution in [-0.2, 0) is 9.59 Å². The Hall–Kier alpha value is -2.91. The molecular weight excluding hydrogens is 458 g/mol.